The summed E-state index contributed by atoms with van der Waals surface area (Å²) in [4.78, 5) is 2.33. The van der Waals surface area contributed by atoms with E-state index < -0.39 is 10.0 Å². The Hall–Kier alpha value is 0.160. The molecule has 0 aromatic heterocycles. The van der Waals surface area contributed by atoms with E-state index in [0.717, 1.165) is 32.0 Å². The molecule has 1 aliphatic rings. The van der Waals surface area contributed by atoms with Crippen LogP contribution in [0.4, 0.5) is 0 Å². The Bertz CT molecular complexity index is 314. The number of likely N-dealkylation sites (tertiary alicyclic amines) is 1. The first-order valence-corrected chi connectivity index (χ1v) is 8.98. The van der Waals surface area contributed by atoms with Crippen LogP contribution in [0.2, 0.25) is 0 Å². The smallest absolute Gasteiger partial charge is 0.211 e. The summed E-state index contributed by atoms with van der Waals surface area (Å²) in [5.41, 5.74) is 0. The normalized spacial score (nSPS) is 19.2. The van der Waals surface area contributed by atoms with Gasteiger partial charge in [0.2, 0.25) is 10.0 Å². The summed E-state index contributed by atoms with van der Waals surface area (Å²) < 4.78 is 25.9. The lowest BCUT2D eigenvalue weighted by atomic mass is 9.99. The largest absolute Gasteiger partial charge is 0.302 e. The minimum absolute atomic E-state index is 0.191. The Kier molecular flexibility index (Phi) is 7.53. The number of hydrogen-bond acceptors (Lipinski definition) is 3. The van der Waals surface area contributed by atoms with E-state index in [1.165, 1.54) is 12.8 Å². The van der Waals surface area contributed by atoms with Crippen molar-refractivity contribution in [2.24, 2.45) is 5.92 Å². The van der Waals surface area contributed by atoms with Crippen molar-refractivity contribution in [2.45, 2.75) is 32.6 Å². The van der Waals surface area contributed by atoms with Crippen molar-refractivity contribution in [2.75, 3.05) is 37.8 Å². The lowest BCUT2D eigenvalue weighted by Gasteiger charge is -2.30. The maximum atomic E-state index is 11.6. The molecule has 0 aromatic rings. The number of halogens is 1. The van der Waals surface area contributed by atoms with Gasteiger partial charge in [-0.3, -0.25) is 0 Å². The number of sulfonamides is 1. The van der Waals surface area contributed by atoms with Crippen molar-refractivity contribution in [3.05, 3.63) is 0 Å². The van der Waals surface area contributed by atoms with E-state index in [9.17, 15) is 8.42 Å². The predicted octanol–water partition coefficient (Wildman–Crippen LogP) is 1.66. The minimum Gasteiger partial charge on any atom is -0.302 e. The van der Waals surface area contributed by atoms with Crippen LogP contribution in [0.5, 0.6) is 0 Å². The van der Waals surface area contributed by atoms with E-state index in [0.29, 0.717) is 18.8 Å². The predicted molar refractivity (Wildman–Crippen MR) is 76.6 cm³/mol. The summed E-state index contributed by atoms with van der Waals surface area (Å²) in [5, 5.41) is 0. The number of unbranched alkanes of at least 4 members (excludes halogenated alkanes) is 1. The van der Waals surface area contributed by atoms with Crippen LogP contribution in [0.15, 0.2) is 0 Å². The molecule has 1 saturated heterocycles. The molecular weight excluding hydrogens is 272 g/mol. The summed E-state index contributed by atoms with van der Waals surface area (Å²) in [6, 6.07) is 0. The van der Waals surface area contributed by atoms with Gasteiger partial charge in [-0.25, -0.2) is 13.1 Å². The van der Waals surface area contributed by atoms with Gasteiger partial charge in [-0.05, 0) is 44.7 Å². The van der Waals surface area contributed by atoms with Gasteiger partial charge in [-0.1, -0.05) is 6.92 Å². The molecule has 0 radical (unpaired) electrons. The van der Waals surface area contributed by atoms with Crippen LogP contribution in [-0.2, 0) is 10.0 Å². The SMILES string of the molecule is CC1CCN(CCNS(=O)(=O)CCCCCl)CC1. The fraction of sp³-hybridized carbons (Fsp3) is 1.00. The first-order chi connectivity index (χ1) is 8.53. The molecule has 4 nitrogen and oxygen atoms in total. The van der Waals surface area contributed by atoms with Crippen molar-refractivity contribution < 1.29 is 8.42 Å². The molecule has 0 atom stereocenters. The quantitative estimate of drug-likeness (QED) is 0.547. The molecule has 1 N–H and O–H groups in total. The van der Waals surface area contributed by atoms with Crippen LogP contribution in [0.3, 0.4) is 0 Å². The molecule has 0 spiro atoms. The van der Waals surface area contributed by atoms with Crippen molar-refractivity contribution in [3.63, 3.8) is 0 Å². The molecule has 0 amide bonds. The number of nitrogens with one attached hydrogen (secondary N) is 1. The number of alkyl halides is 1. The van der Waals surface area contributed by atoms with Gasteiger partial charge in [-0.15, -0.1) is 11.6 Å². The maximum Gasteiger partial charge on any atom is 0.211 e. The Morgan fingerprint density at radius 1 is 1.28 bits per heavy atom. The molecule has 0 aromatic carbocycles. The van der Waals surface area contributed by atoms with E-state index in [-0.39, 0.29) is 5.75 Å². The molecule has 108 valence electrons. The molecule has 0 bridgehead atoms. The van der Waals surface area contributed by atoms with Crippen molar-refractivity contribution in [1.82, 2.24) is 9.62 Å². The third-order valence-corrected chi connectivity index (χ3v) is 5.16. The molecule has 0 aliphatic carbocycles. The minimum atomic E-state index is -3.10. The van der Waals surface area contributed by atoms with Gasteiger partial charge in [0, 0.05) is 19.0 Å². The lowest BCUT2D eigenvalue weighted by Crippen LogP contribution is -2.39. The van der Waals surface area contributed by atoms with E-state index in [1.54, 1.807) is 0 Å². The summed E-state index contributed by atoms with van der Waals surface area (Å²) in [5.74, 6) is 1.53. The molecule has 1 heterocycles. The van der Waals surface area contributed by atoms with E-state index >= 15 is 0 Å². The molecule has 0 unspecified atom stereocenters. The van der Waals surface area contributed by atoms with Gasteiger partial charge in [0.1, 0.15) is 0 Å². The van der Waals surface area contributed by atoms with Gasteiger partial charge in [-0.2, -0.15) is 0 Å². The van der Waals surface area contributed by atoms with Crippen LogP contribution in [0.25, 0.3) is 0 Å². The second kappa shape index (κ2) is 8.35. The van der Waals surface area contributed by atoms with Crippen molar-refractivity contribution >= 4 is 21.6 Å². The second-order valence-electron chi connectivity index (χ2n) is 5.13. The van der Waals surface area contributed by atoms with Crippen LogP contribution >= 0.6 is 11.6 Å². The number of piperidine rings is 1. The summed E-state index contributed by atoms with van der Waals surface area (Å²) >= 11 is 5.53. The molecule has 18 heavy (non-hydrogen) atoms. The molecule has 0 saturated carbocycles. The maximum absolute atomic E-state index is 11.6. The number of nitrogens with zero attached hydrogens (tertiary/aromatic N) is 1. The Balaban J connectivity index is 2.12. The highest BCUT2D eigenvalue weighted by Crippen LogP contribution is 2.15. The highest BCUT2D eigenvalue weighted by atomic mass is 35.5. The first-order valence-electron chi connectivity index (χ1n) is 6.79. The van der Waals surface area contributed by atoms with E-state index in [1.807, 2.05) is 0 Å². The van der Waals surface area contributed by atoms with Crippen molar-refractivity contribution in [1.29, 1.82) is 0 Å². The molecule has 1 rings (SSSR count). The van der Waals surface area contributed by atoms with E-state index in [2.05, 4.69) is 16.5 Å². The van der Waals surface area contributed by atoms with Gasteiger partial charge in [0.15, 0.2) is 0 Å². The molecular formula is C12H25ClN2O2S. The second-order valence-corrected chi connectivity index (χ2v) is 7.44. The molecule has 1 fully saturated rings. The summed E-state index contributed by atoms with van der Waals surface area (Å²) in [6.07, 6.45) is 3.84. The van der Waals surface area contributed by atoms with Crippen LogP contribution in [-0.4, -0.2) is 51.1 Å². The standard InChI is InChI=1S/C12H25ClN2O2S/c1-12-4-8-15(9-5-12)10-7-14-18(16,17)11-3-2-6-13/h12,14H,2-11H2,1H3. The summed E-state index contributed by atoms with van der Waals surface area (Å²) in [6.45, 7) is 5.81. The Labute approximate surface area is 116 Å². The fourth-order valence-corrected chi connectivity index (χ4v) is 3.42. The van der Waals surface area contributed by atoms with Gasteiger partial charge < -0.3 is 4.90 Å². The zero-order valence-electron chi connectivity index (χ0n) is 11.2. The van der Waals surface area contributed by atoms with Crippen molar-refractivity contribution in [3.8, 4) is 0 Å². The average Bonchev–Trinajstić information content (AvgIpc) is 2.32. The first kappa shape index (κ1) is 16.2. The Morgan fingerprint density at radius 3 is 2.56 bits per heavy atom. The van der Waals surface area contributed by atoms with E-state index in [4.69, 9.17) is 11.6 Å². The van der Waals surface area contributed by atoms with Gasteiger partial charge >= 0.3 is 0 Å². The van der Waals surface area contributed by atoms with Gasteiger partial charge in [0.05, 0.1) is 5.75 Å². The van der Waals surface area contributed by atoms with Crippen LogP contribution < -0.4 is 4.72 Å². The molecule has 1 aliphatic heterocycles. The Morgan fingerprint density at radius 2 is 1.94 bits per heavy atom. The number of hydrogen-bond donors (Lipinski definition) is 1. The highest BCUT2D eigenvalue weighted by Gasteiger charge is 2.16. The highest BCUT2D eigenvalue weighted by molar-refractivity contribution is 7.89. The third-order valence-electron chi connectivity index (χ3n) is 3.42. The van der Waals surface area contributed by atoms with Crippen LogP contribution in [0.1, 0.15) is 32.6 Å². The third kappa shape index (κ3) is 6.92. The summed E-state index contributed by atoms with van der Waals surface area (Å²) in [7, 11) is -3.10. The zero-order chi connectivity index (χ0) is 13.4. The fourth-order valence-electron chi connectivity index (χ4n) is 2.10. The topological polar surface area (TPSA) is 49.4 Å². The number of rotatable bonds is 8. The average molecular weight is 297 g/mol. The zero-order valence-corrected chi connectivity index (χ0v) is 12.8. The van der Waals surface area contributed by atoms with Crippen LogP contribution in [0, 0.1) is 5.92 Å². The monoisotopic (exact) mass is 296 g/mol. The lowest BCUT2D eigenvalue weighted by molar-refractivity contribution is 0.195. The molecule has 6 heteroatoms. The van der Waals surface area contributed by atoms with Gasteiger partial charge in [0.25, 0.3) is 0 Å².